The zero-order valence-corrected chi connectivity index (χ0v) is 17.9. The van der Waals surface area contributed by atoms with Crippen LogP contribution in [0.3, 0.4) is 0 Å². The molecule has 1 amide bonds. The molecule has 30 heavy (non-hydrogen) atoms. The standard InChI is InChI=1S/C25H26N2O2S/c1-2-3-8-19-13-15-22(16-14-19)26-25(30)27-24(28)21-11-7-12-23(17-21)29-18-20-9-5-4-6-10-20/h4-7,9-17H,2-3,8,18H2,1H3,(H2,26,27,28,30). The van der Waals surface area contributed by atoms with Crippen molar-refractivity contribution in [3.63, 3.8) is 0 Å². The Kier molecular flexibility index (Phi) is 7.98. The lowest BCUT2D eigenvalue weighted by Gasteiger charge is -2.11. The number of unbranched alkanes of at least 4 members (excludes halogenated alkanes) is 1. The topological polar surface area (TPSA) is 50.4 Å². The van der Waals surface area contributed by atoms with E-state index in [1.807, 2.05) is 48.5 Å². The molecule has 0 aliphatic carbocycles. The molecule has 0 radical (unpaired) electrons. The van der Waals surface area contributed by atoms with Crippen molar-refractivity contribution in [1.82, 2.24) is 5.32 Å². The van der Waals surface area contributed by atoms with Gasteiger partial charge in [-0.2, -0.15) is 0 Å². The number of carbonyl (C=O) groups is 1. The summed E-state index contributed by atoms with van der Waals surface area (Å²) < 4.78 is 5.79. The molecule has 0 aliphatic rings. The molecule has 0 aromatic heterocycles. The first-order valence-corrected chi connectivity index (χ1v) is 10.5. The summed E-state index contributed by atoms with van der Waals surface area (Å²) in [6.07, 6.45) is 3.42. The van der Waals surface area contributed by atoms with Crippen LogP contribution in [0.15, 0.2) is 78.9 Å². The van der Waals surface area contributed by atoms with Crippen LogP contribution in [0.4, 0.5) is 5.69 Å². The van der Waals surface area contributed by atoms with E-state index >= 15 is 0 Å². The van der Waals surface area contributed by atoms with E-state index in [2.05, 4.69) is 29.7 Å². The molecule has 3 rings (SSSR count). The minimum Gasteiger partial charge on any atom is -0.489 e. The summed E-state index contributed by atoms with van der Waals surface area (Å²) >= 11 is 5.29. The molecule has 3 aromatic rings. The van der Waals surface area contributed by atoms with Crippen molar-refractivity contribution in [3.8, 4) is 5.75 Å². The molecule has 5 heteroatoms. The maximum absolute atomic E-state index is 12.5. The molecule has 0 heterocycles. The molecular weight excluding hydrogens is 392 g/mol. The Labute approximate surface area is 183 Å². The Balaban J connectivity index is 1.53. The number of hydrogen-bond acceptors (Lipinski definition) is 3. The molecule has 0 aliphatic heterocycles. The highest BCUT2D eigenvalue weighted by molar-refractivity contribution is 7.80. The van der Waals surface area contributed by atoms with Gasteiger partial charge in [-0.1, -0.05) is 61.9 Å². The van der Waals surface area contributed by atoms with Gasteiger partial charge in [-0.05, 0) is 66.5 Å². The van der Waals surface area contributed by atoms with E-state index in [1.165, 1.54) is 18.4 Å². The molecule has 154 valence electrons. The number of ether oxygens (including phenoxy) is 1. The Morgan fingerprint density at radius 2 is 1.70 bits per heavy atom. The van der Waals surface area contributed by atoms with Crippen molar-refractivity contribution in [3.05, 3.63) is 95.6 Å². The second-order valence-corrected chi connectivity index (χ2v) is 7.42. The lowest BCUT2D eigenvalue weighted by Crippen LogP contribution is -2.34. The normalized spacial score (nSPS) is 10.3. The SMILES string of the molecule is CCCCc1ccc(NC(=S)NC(=O)c2cccc(OCc3ccccc3)c2)cc1. The number of thiocarbonyl (C=S) groups is 1. The van der Waals surface area contributed by atoms with Gasteiger partial charge in [-0.15, -0.1) is 0 Å². The fourth-order valence-electron chi connectivity index (χ4n) is 2.94. The maximum atomic E-state index is 12.5. The second kappa shape index (κ2) is 11.1. The van der Waals surface area contributed by atoms with Crippen LogP contribution >= 0.6 is 12.2 Å². The summed E-state index contributed by atoms with van der Waals surface area (Å²) in [5.41, 5.74) is 3.70. The van der Waals surface area contributed by atoms with Gasteiger partial charge in [-0.25, -0.2) is 0 Å². The third-order valence-corrected chi connectivity index (χ3v) is 4.81. The van der Waals surface area contributed by atoms with Crippen molar-refractivity contribution in [1.29, 1.82) is 0 Å². The van der Waals surface area contributed by atoms with Crippen LogP contribution in [0.25, 0.3) is 0 Å². The van der Waals surface area contributed by atoms with Gasteiger partial charge in [0.25, 0.3) is 5.91 Å². The molecule has 2 N–H and O–H groups in total. The summed E-state index contributed by atoms with van der Waals surface area (Å²) in [6.45, 7) is 2.63. The summed E-state index contributed by atoms with van der Waals surface area (Å²) in [6, 6.07) is 25.1. The fourth-order valence-corrected chi connectivity index (χ4v) is 3.15. The molecule has 0 spiro atoms. The largest absolute Gasteiger partial charge is 0.489 e. The van der Waals surface area contributed by atoms with E-state index in [0.717, 1.165) is 17.7 Å². The number of hydrogen-bond donors (Lipinski definition) is 2. The van der Waals surface area contributed by atoms with E-state index < -0.39 is 0 Å². The summed E-state index contributed by atoms with van der Waals surface area (Å²) in [5, 5.41) is 6.04. The molecule has 0 bridgehead atoms. The van der Waals surface area contributed by atoms with Crippen LogP contribution in [-0.4, -0.2) is 11.0 Å². The zero-order valence-electron chi connectivity index (χ0n) is 17.1. The zero-order chi connectivity index (χ0) is 21.2. The maximum Gasteiger partial charge on any atom is 0.257 e. The second-order valence-electron chi connectivity index (χ2n) is 7.01. The van der Waals surface area contributed by atoms with Crippen LogP contribution in [0.2, 0.25) is 0 Å². The van der Waals surface area contributed by atoms with Crippen LogP contribution < -0.4 is 15.4 Å². The predicted octanol–water partition coefficient (Wildman–Crippen LogP) is 5.74. The van der Waals surface area contributed by atoms with Crippen molar-refractivity contribution < 1.29 is 9.53 Å². The van der Waals surface area contributed by atoms with Crippen molar-refractivity contribution in [2.75, 3.05) is 5.32 Å². The predicted molar refractivity (Wildman–Crippen MR) is 126 cm³/mol. The van der Waals surface area contributed by atoms with Gasteiger partial charge in [0, 0.05) is 11.3 Å². The van der Waals surface area contributed by atoms with Crippen LogP contribution in [0, 0.1) is 0 Å². The molecule has 0 fully saturated rings. The van der Waals surface area contributed by atoms with Gasteiger partial charge in [0.15, 0.2) is 5.11 Å². The Morgan fingerprint density at radius 1 is 0.933 bits per heavy atom. The van der Waals surface area contributed by atoms with E-state index in [0.29, 0.717) is 17.9 Å². The van der Waals surface area contributed by atoms with E-state index in [9.17, 15) is 4.79 Å². The number of rotatable bonds is 8. The number of carbonyl (C=O) groups excluding carboxylic acids is 1. The summed E-state index contributed by atoms with van der Waals surface area (Å²) in [7, 11) is 0. The molecule has 0 unspecified atom stereocenters. The lowest BCUT2D eigenvalue weighted by molar-refractivity contribution is 0.0977. The number of benzene rings is 3. The first-order chi connectivity index (χ1) is 14.6. The van der Waals surface area contributed by atoms with Gasteiger partial charge >= 0.3 is 0 Å². The lowest BCUT2D eigenvalue weighted by atomic mass is 10.1. The van der Waals surface area contributed by atoms with Crippen LogP contribution in [-0.2, 0) is 13.0 Å². The number of amides is 1. The van der Waals surface area contributed by atoms with Crippen LogP contribution in [0.5, 0.6) is 5.75 Å². The number of nitrogens with one attached hydrogen (secondary N) is 2. The summed E-state index contributed by atoms with van der Waals surface area (Å²) in [5.74, 6) is 0.352. The minimum atomic E-state index is -0.280. The Bertz CT molecular complexity index is 972. The molecule has 0 saturated heterocycles. The first-order valence-electron chi connectivity index (χ1n) is 10.1. The monoisotopic (exact) mass is 418 g/mol. The van der Waals surface area contributed by atoms with E-state index in [1.54, 1.807) is 18.2 Å². The number of aryl methyl sites for hydroxylation is 1. The smallest absolute Gasteiger partial charge is 0.257 e. The van der Waals surface area contributed by atoms with Crippen molar-refractivity contribution in [2.24, 2.45) is 0 Å². The van der Waals surface area contributed by atoms with Crippen LogP contribution in [0.1, 0.15) is 41.3 Å². The average molecular weight is 419 g/mol. The van der Waals surface area contributed by atoms with Gasteiger partial charge in [0.2, 0.25) is 0 Å². The van der Waals surface area contributed by atoms with Crippen molar-refractivity contribution >= 4 is 28.9 Å². The Hall–Kier alpha value is -3.18. The molecule has 0 atom stereocenters. The van der Waals surface area contributed by atoms with Gasteiger partial charge in [-0.3, -0.25) is 10.1 Å². The fraction of sp³-hybridized carbons (Fsp3) is 0.200. The summed E-state index contributed by atoms with van der Waals surface area (Å²) in [4.78, 5) is 12.5. The third-order valence-electron chi connectivity index (χ3n) is 4.60. The van der Waals surface area contributed by atoms with Crippen molar-refractivity contribution in [2.45, 2.75) is 32.8 Å². The highest BCUT2D eigenvalue weighted by atomic mass is 32.1. The highest BCUT2D eigenvalue weighted by Gasteiger charge is 2.09. The van der Waals surface area contributed by atoms with E-state index in [4.69, 9.17) is 17.0 Å². The molecule has 0 saturated carbocycles. The minimum absolute atomic E-state index is 0.261. The molecule has 3 aromatic carbocycles. The Morgan fingerprint density at radius 3 is 2.43 bits per heavy atom. The van der Waals surface area contributed by atoms with Gasteiger partial charge in [0.1, 0.15) is 12.4 Å². The third kappa shape index (κ3) is 6.71. The quantitative estimate of drug-likeness (QED) is 0.458. The number of anilines is 1. The van der Waals surface area contributed by atoms with E-state index in [-0.39, 0.29) is 11.0 Å². The molecule has 4 nitrogen and oxygen atoms in total. The van der Waals surface area contributed by atoms with Gasteiger partial charge in [0.05, 0.1) is 0 Å². The first kappa shape index (κ1) is 21.5. The average Bonchev–Trinajstić information content (AvgIpc) is 2.78. The molecular formula is C25H26N2O2S. The van der Waals surface area contributed by atoms with Gasteiger partial charge < -0.3 is 10.1 Å². The highest BCUT2D eigenvalue weighted by Crippen LogP contribution is 2.16.